The monoisotopic (exact) mass is 165 g/mol. The number of hydrogen-bond acceptors (Lipinski definition) is 4. The van der Waals surface area contributed by atoms with Gasteiger partial charge >= 0.3 is 0 Å². The van der Waals surface area contributed by atoms with Gasteiger partial charge in [0.25, 0.3) is 5.97 Å². The zero-order valence-corrected chi connectivity index (χ0v) is 6.44. The standard InChI is InChI=1S/C4H7N2O4.H3N/c1-2-10-4(7)3-5-6(8)9;/h2-3H2,1H3;1H3/q-1;/p+1. The third kappa shape index (κ3) is 8.63. The second-order valence-corrected chi connectivity index (χ2v) is 1.34. The predicted molar refractivity (Wildman–Crippen MR) is 37.8 cm³/mol. The minimum absolute atomic E-state index is 0. The smallest absolute Gasteiger partial charge is 0.292 e. The fourth-order valence-corrected chi connectivity index (χ4v) is 0.322. The van der Waals surface area contributed by atoms with Crippen molar-refractivity contribution in [1.82, 2.24) is 6.15 Å². The van der Waals surface area contributed by atoms with Crippen molar-refractivity contribution >= 4 is 5.97 Å². The molecule has 0 aromatic carbocycles. The van der Waals surface area contributed by atoms with Crippen LogP contribution in [0.25, 0.3) is 5.43 Å². The molecule has 0 saturated heterocycles. The van der Waals surface area contributed by atoms with E-state index in [1.807, 2.05) is 0 Å². The van der Waals surface area contributed by atoms with E-state index in [0.29, 0.717) is 0 Å². The van der Waals surface area contributed by atoms with Gasteiger partial charge in [-0.25, -0.2) is 0 Å². The molecule has 0 aromatic heterocycles. The molecular weight excluding hydrogens is 154 g/mol. The Hall–Kier alpha value is -1.37. The fourth-order valence-electron chi connectivity index (χ4n) is 0.322. The van der Waals surface area contributed by atoms with Gasteiger partial charge < -0.3 is 16.3 Å². The molecule has 0 aliphatic carbocycles. The second-order valence-electron chi connectivity index (χ2n) is 1.34. The molecule has 0 aliphatic heterocycles. The number of carbonyl (C=O) groups is 1. The summed E-state index contributed by atoms with van der Waals surface area (Å²) in [5.41, 5.74) is 2.69. The highest BCUT2D eigenvalue weighted by molar-refractivity contribution is 5.73. The molecule has 0 radical (unpaired) electrons. The van der Waals surface area contributed by atoms with Gasteiger partial charge in [0.05, 0.1) is 6.61 Å². The lowest BCUT2D eigenvalue weighted by Crippen LogP contribution is -2.10. The SMILES string of the molecule is CCOC(=O)C[N-][N+](=O)[O-].[NH4+]. The molecule has 7 nitrogen and oxygen atoms in total. The Morgan fingerprint density at radius 1 is 1.73 bits per heavy atom. The van der Waals surface area contributed by atoms with Crippen molar-refractivity contribution in [3.8, 4) is 0 Å². The lowest BCUT2D eigenvalue weighted by molar-refractivity contribution is -0.425. The molecule has 0 rings (SSSR count). The maximum Gasteiger partial charge on any atom is 0.292 e. The zero-order valence-electron chi connectivity index (χ0n) is 6.44. The van der Waals surface area contributed by atoms with E-state index in [1.165, 1.54) is 0 Å². The van der Waals surface area contributed by atoms with E-state index in [-0.39, 0.29) is 12.8 Å². The summed E-state index contributed by atoms with van der Waals surface area (Å²) in [6.45, 7) is 1.32. The van der Waals surface area contributed by atoms with Crippen molar-refractivity contribution in [3.63, 3.8) is 0 Å². The summed E-state index contributed by atoms with van der Waals surface area (Å²) in [6.07, 6.45) is 0. The average Bonchev–Trinajstić information content (AvgIpc) is 1.85. The van der Waals surface area contributed by atoms with Gasteiger partial charge in [0.1, 0.15) is 0 Å². The van der Waals surface area contributed by atoms with Crippen molar-refractivity contribution in [1.29, 1.82) is 0 Å². The van der Waals surface area contributed by atoms with Crippen LogP contribution < -0.4 is 6.15 Å². The molecule has 0 unspecified atom stereocenters. The number of nitrogens with zero attached hydrogens (tertiary/aromatic N) is 2. The van der Waals surface area contributed by atoms with Gasteiger partial charge in [0.15, 0.2) is 0 Å². The molecule has 7 heteroatoms. The molecule has 0 aliphatic rings. The van der Waals surface area contributed by atoms with Crippen LogP contribution in [-0.4, -0.2) is 24.2 Å². The maximum absolute atomic E-state index is 10.3. The van der Waals surface area contributed by atoms with Gasteiger partial charge in [-0.05, 0) is 12.0 Å². The van der Waals surface area contributed by atoms with E-state index in [2.05, 4.69) is 10.2 Å². The Morgan fingerprint density at radius 3 is 2.64 bits per heavy atom. The topological polar surface area (TPSA) is 120 Å². The van der Waals surface area contributed by atoms with Crippen LogP contribution in [0, 0.1) is 10.1 Å². The van der Waals surface area contributed by atoms with E-state index in [0.717, 1.165) is 0 Å². The van der Waals surface area contributed by atoms with Gasteiger partial charge in [-0.2, -0.15) is 0 Å². The highest BCUT2D eigenvalue weighted by atomic mass is 16.7. The summed E-state index contributed by atoms with van der Waals surface area (Å²) in [5, 5.41) is 8.62. The maximum atomic E-state index is 10.3. The summed E-state index contributed by atoms with van der Waals surface area (Å²) >= 11 is 0. The highest BCUT2D eigenvalue weighted by Crippen LogP contribution is 1.87. The van der Waals surface area contributed by atoms with Crippen LogP contribution in [0.3, 0.4) is 0 Å². The van der Waals surface area contributed by atoms with Crippen LogP contribution in [0.15, 0.2) is 0 Å². The van der Waals surface area contributed by atoms with Crippen molar-refractivity contribution < 1.29 is 14.6 Å². The van der Waals surface area contributed by atoms with Crippen LogP contribution in [0.4, 0.5) is 0 Å². The fraction of sp³-hybridized carbons (Fsp3) is 0.750. The third-order valence-electron chi connectivity index (χ3n) is 0.621. The Bertz CT molecular complexity index is 137. The first-order chi connectivity index (χ1) is 4.66. The predicted octanol–water partition coefficient (Wildman–Crippen LogP) is 0.491. The Morgan fingerprint density at radius 2 is 2.27 bits per heavy atom. The van der Waals surface area contributed by atoms with Crippen LogP contribution >= 0.6 is 0 Å². The van der Waals surface area contributed by atoms with Crippen molar-refractivity contribution in [2.24, 2.45) is 0 Å². The number of esters is 1. The summed E-state index contributed by atoms with van der Waals surface area (Å²) in [7, 11) is 0. The Labute approximate surface area is 63.4 Å². The van der Waals surface area contributed by atoms with E-state index < -0.39 is 17.5 Å². The average molecular weight is 165 g/mol. The zero-order chi connectivity index (χ0) is 7.98. The van der Waals surface area contributed by atoms with Crippen LogP contribution in [-0.2, 0) is 9.53 Å². The lowest BCUT2D eigenvalue weighted by atomic mass is 10.7. The molecule has 0 saturated carbocycles. The van der Waals surface area contributed by atoms with E-state index in [1.54, 1.807) is 6.92 Å². The van der Waals surface area contributed by atoms with Gasteiger partial charge in [0, 0.05) is 6.54 Å². The molecule has 11 heavy (non-hydrogen) atoms. The van der Waals surface area contributed by atoms with Crippen molar-refractivity contribution in [2.45, 2.75) is 6.92 Å². The van der Waals surface area contributed by atoms with Crippen molar-refractivity contribution in [3.05, 3.63) is 15.5 Å². The summed E-state index contributed by atoms with van der Waals surface area (Å²) < 4.78 is 4.36. The van der Waals surface area contributed by atoms with Crippen LogP contribution in [0.5, 0.6) is 0 Å². The number of quaternary nitrogens is 1. The molecule has 0 bridgehead atoms. The Balaban J connectivity index is 0. The molecule has 0 heterocycles. The third-order valence-corrected chi connectivity index (χ3v) is 0.621. The van der Waals surface area contributed by atoms with Gasteiger partial charge in [-0.3, -0.25) is 14.9 Å². The number of rotatable bonds is 4. The number of ether oxygens (including phenoxy) is 1. The second kappa shape index (κ2) is 6.75. The van der Waals surface area contributed by atoms with E-state index in [4.69, 9.17) is 0 Å². The summed E-state index contributed by atoms with van der Waals surface area (Å²) in [6, 6.07) is 0. The van der Waals surface area contributed by atoms with Crippen LogP contribution in [0.2, 0.25) is 0 Å². The minimum atomic E-state index is -0.920. The van der Waals surface area contributed by atoms with E-state index in [9.17, 15) is 14.9 Å². The molecule has 0 amide bonds. The highest BCUT2D eigenvalue weighted by Gasteiger charge is 1.94. The lowest BCUT2D eigenvalue weighted by Gasteiger charge is -2.06. The molecule has 0 aromatic rings. The first-order valence-electron chi connectivity index (χ1n) is 2.64. The first-order valence-corrected chi connectivity index (χ1v) is 2.64. The molecule has 66 valence electrons. The molecule has 0 fully saturated rings. The van der Waals surface area contributed by atoms with Gasteiger partial charge in [0.2, 0.25) is 0 Å². The quantitative estimate of drug-likeness (QED) is 0.370. The molecule has 0 atom stereocenters. The van der Waals surface area contributed by atoms with Gasteiger partial charge in [-0.1, -0.05) is 0 Å². The van der Waals surface area contributed by atoms with Crippen molar-refractivity contribution in [2.75, 3.05) is 13.2 Å². The molecule has 0 spiro atoms. The van der Waals surface area contributed by atoms with Crippen LogP contribution in [0.1, 0.15) is 6.92 Å². The Kier molecular flexibility index (Phi) is 7.56. The normalized spacial score (nSPS) is 7.73. The molecule has 4 N–H and O–H groups in total. The molecular formula is C4H11N3O4. The number of hydrogen-bond donors (Lipinski definition) is 1. The summed E-state index contributed by atoms with van der Waals surface area (Å²) in [4.78, 5) is 19.9. The van der Waals surface area contributed by atoms with E-state index >= 15 is 0 Å². The number of carbonyl (C=O) groups excluding carboxylic acids is 1. The largest absolute Gasteiger partial charge is 0.467 e. The first kappa shape index (κ1) is 12.3. The number of nitro groups is 1. The minimum Gasteiger partial charge on any atom is -0.467 e. The van der Waals surface area contributed by atoms with Gasteiger partial charge in [-0.15, -0.1) is 0 Å². The summed E-state index contributed by atoms with van der Waals surface area (Å²) in [5.74, 6) is -0.681.